The van der Waals surface area contributed by atoms with Gasteiger partial charge in [0.25, 0.3) is 5.91 Å². The summed E-state index contributed by atoms with van der Waals surface area (Å²) in [6.07, 6.45) is 2.41. The van der Waals surface area contributed by atoms with Crippen LogP contribution in [0, 0.1) is 11.6 Å². The van der Waals surface area contributed by atoms with Gasteiger partial charge >= 0.3 is 0 Å². The second kappa shape index (κ2) is 10.9. The Morgan fingerprint density at radius 2 is 1.62 bits per heavy atom. The molecular weight excluding hydrogens is 466 g/mol. The lowest BCUT2D eigenvalue weighted by molar-refractivity contribution is 0.100. The molecule has 180 valence electrons. The molecule has 0 aliphatic heterocycles. The van der Waals surface area contributed by atoms with Crippen LogP contribution in [0.15, 0.2) is 54.7 Å². The Morgan fingerprint density at radius 3 is 2.24 bits per heavy atom. The molecule has 0 aliphatic carbocycles. The number of pyridine rings is 1. The number of halogens is 2. The molecule has 0 spiro atoms. The standard InChI is InChI=1S/C22H24F2N6O3S/c1-34(32,33)29-7-6-26-17-2-4-18(5-3-17)30-21-11-20(19(13-28-21)22(25)31)27-12-14-8-15(23)10-16(24)9-14/h2-5,8-11,13,26,29H,6-7,12H2,1H3,(H2,25,31)(H2,27,28,30). The number of aromatic nitrogens is 1. The molecule has 6 N–H and O–H groups in total. The highest BCUT2D eigenvalue weighted by atomic mass is 32.2. The average Bonchev–Trinajstić information content (AvgIpc) is 2.75. The largest absolute Gasteiger partial charge is 0.384 e. The minimum Gasteiger partial charge on any atom is -0.384 e. The zero-order valence-corrected chi connectivity index (χ0v) is 19.0. The van der Waals surface area contributed by atoms with Crippen molar-refractivity contribution < 1.29 is 22.0 Å². The Labute approximate surface area is 195 Å². The Balaban J connectivity index is 1.66. The number of carbonyl (C=O) groups excluding carboxylic acids is 1. The fourth-order valence-electron chi connectivity index (χ4n) is 3.04. The second-order valence-electron chi connectivity index (χ2n) is 7.41. The van der Waals surface area contributed by atoms with Crippen molar-refractivity contribution in [1.82, 2.24) is 9.71 Å². The van der Waals surface area contributed by atoms with Crippen LogP contribution >= 0.6 is 0 Å². The van der Waals surface area contributed by atoms with Crippen LogP contribution in [0.3, 0.4) is 0 Å². The summed E-state index contributed by atoms with van der Waals surface area (Å²) in [7, 11) is -3.23. The summed E-state index contributed by atoms with van der Waals surface area (Å²) < 4.78 is 51.4. The quantitative estimate of drug-likeness (QED) is 0.261. The Bertz CT molecular complexity index is 1250. The van der Waals surface area contributed by atoms with Crippen LogP contribution in [0.25, 0.3) is 0 Å². The molecule has 0 atom stereocenters. The van der Waals surface area contributed by atoms with E-state index in [9.17, 15) is 22.0 Å². The van der Waals surface area contributed by atoms with E-state index in [1.807, 2.05) is 0 Å². The smallest absolute Gasteiger partial charge is 0.252 e. The van der Waals surface area contributed by atoms with Crippen LogP contribution in [0.1, 0.15) is 15.9 Å². The zero-order chi connectivity index (χ0) is 24.7. The molecule has 9 nitrogen and oxygen atoms in total. The van der Waals surface area contributed by atoms with Gasteiger partial charge in [-0.1, -0.05) is 0 Å². The molecule has 1 amide bonds. The van der Waals surface area contributed by atoms with Gasteiger partial charge in [-0.2, -0.15) is 0 Å². The van der Waals surface area contributed by atoms with Gasteiger partial charge in [0.2, 0.25) is 10.0 Å². The molecule has 0 saturated carbocycles. The minimum atomic E-state index is -3.23. The molecule has 1 heterocycles. The third-order valence-electron chi connectivity index (χ3n) is 4.55. The molecule has 0 fully saturated rings. The first-order valence-corrected chi connectivity index (χ1v) is 12.0. The number of primary amides is 1. The van der Waals surface area contributed by atoms with Crippen LogP contribution in [0.5, 0.6) is 0 Å². The number of rotatable bonds is 11. The highest BCUT2D eigenvalue weighted by Gasteiger charge is 2.11. The van der Waals surface area contributed by atoms with Crippen LogP contribution in [0.2, 0.25) is 0 Å². The van der Waals surface area contributed by atoms with Crippen molar-refractivity contribution in [3.63, 3.8) is 0 Å². The number of nitrogens with zero attached hydrogens (tertiary/aromatic N) is 1. The van der Waals surface area contributed by atoms with Gasteiger partial charge in [0.1, 0.15) is 17.5 Å². The van der Waals surface area contributed by atoms with Crippen LogP contribution in [0.4, 0.5) is 31.7 Å². The number of nitrogens with two attached hydrogens (primary N) is 1. The molecule has 0 radical (unpaired) electrons. The lowest BCUT2D eigenvalue weighted by Gasteiger charge is -2.13. The summed E-state index contributed by atoms with van der Waals surface area (Å²) in [4.78, 5) is 16.0. The number of nitrogens with one attached hydrogen (secondary N) is 4. The lowest BCUT2D eigenvalue weighted by atomic mass is 10.1. The monoisotopic (exact) mass is 490 g/mol. The molecular formula is C22H24F2N6O3S. The summed E-state index contributed by atoms with van der Waals surface area (Å²) in [5.41, 5.74) is 7.76. The van der Waals surface area contributed by atoms with E-state index >= 15 is 0 Å². The van der Waals surface area contributed by atoms with Gasteiger partial charge in [-0.25, -0.2) is 26.9 Å². The van der Waals surface area contributed by atoms with E-state index in [1.165, 1.54) is 18.3 Å². The first kappa shape index (κ1) is 24.9. The highest BCUT2D eigenvalue weighted by molar-refractivity contribution is 7.88. The SMILES string of the molecule is CS(=O)(=O)NCCNc1ccc(Nc2cc(NCc3cc(F)cc(F)c3)c(C(N)=O)cn2)cc1. The summed E-state index contributed by atoms with van der Waals surface area (Å²) >= 11 is 0. The van der Waals surface area contributed by atoms with Crippen LogP contribution < -0.4 is 26.4 Å². The number of amides is 1. The summed E-state index contributed by atoms with van der Waals surface area (Å²) in [6.45, 7) is 0.736. The molecule has 34 heavy (non-hydrogen) atoms. The molecule has 3 rings (SSSR count). The van der Waals surface area contributed by atoms with Crippen molar-refractivity contribution in [3.05, 3.63) is 77.5 Å². The number of hydrogen-bond acceptors (Lipinski definition) is 7. The predicted molar refractivity (Wildman–Crippen MR) is 128 cm³/mol. The van der Waals surface area contributed by atoms with E-state index in [1.54, 1.807) is 30.3 Å². The van der Waals surface area contributed by atoms with Gasteiger partial charge in [-0.15, -0.1) is 0 Å². The molecule has 0 unspecified atom stereocenters. The van der Waals surface area contributed by atoms with Gasteiger partial charge < -0.3 is 21.7 Å². The van der Waals surface area contributed by atoms with E-state index in [4.69, 9.17) is 5.73 Å². The van der Waals surface area contributed by atoms with E-state index in [0.29, 0.717) is 29.3 Å². The molecule has 0 bridgehead atoms. The lowest BCUT2D eigenvalue weighted by Crippen LogP contribution is -2.27. The van der Waals surface area contributed by atoms with Gasteiger partial charge in [0.15, 0.2) is 0 Å². The van der Waals surface area contributed by atoms with Crippen molar-refractivity contribution in [2.45, 2.75) is 6.54 Å². The van der Waals surface area contributed by atoms with Crippen LogP contribution in [-0.2, 0) is 16.6 Å². The van der Waals surface area contributed by atoms with E-state index in [0.717, 1.165) is 18.0 Å². The maximum atomic E-state index is 13.4. The highest BCUT2D eigenvalue weighted by Crippen LogP contribution is 2.23. The first-order valence-electron chi connectivity index (χ1n) is 10.1. The van der Waals surface area contributed by atoms with E-state index in [2.05, 4.69) is 25.7 Å². The van der Waals surface area contributed by atoms with E-state index in [-0.39, 0.29) is 18.7 Å². The third-order valence-corrected chi connectivity index (χ3v) is 5.28. The summed E-state index contributed by atoms with van der Waals surface area (Å²) in [5.74, 6) is -1.69. The Hall–Kier alpha value is -3.77. The number of carbonyl (C=O) groups is 1. The predicted octanol–water partition coefficient (Wildman–Crippen LogP) is 2.78. The molecule has 1 aromatic heterocycles. The topological polar surface area (TPSA) is 138 Å². The van der Waals surface area contributed by atoms with Gasteiger partial charge in [0.05, 0.1) is 17.5 Å². The van der Waals surface area contributed by atoms with E-state index < -0.39 is 27.6 Å². The molecule has 12 heteroatoms. The van der Waals surface area contributed by atoms with Crippen molar-refractivity contribution in [2.75, 3.05) is 35.3 Å². The molecule has 0 aliphatic rings. The Morgan fingerprint density at radius 1 is 0.971 bits per heavy atom. The van der Waals surface area contributed by atoms with Crippen molar-refractivity contribution in [1.29, 1.82) is 0 Å². The van der Waals surface area contributed by atoms with Crippen LogP contribution in [-0.4, -0.2) is 38.7 Å². The zero-order valence-electron chi connectivity index (χ0n) is 18.2. The van der Waals surface area contributed by atoms with Crippen molar-refractivity contribution in [3.8, 4) is 0 Å². The normalized spacial score (nSPS) is 11.1. The fourth-order valence-corrected chi connectivity index (χ4v) is 3.51. The molecule has 3 aromatic rings. The average molecular weight is 491 g/mol. The third kappa shape index (κ3) is 7.67. The molecule has 2 aromatic carbocycles. The first-order chi connectivity index (χ1) is 16.1. The van der Waals surface area contributed by atoms with Gasteiger partial charge in [-0.05, 0) is 42.0 Å². The molecule has 0 saturated heterocycles. The fraction of sp³-hybridized carbons (Fsp3) is 0.182. The summed E-state index contributed by atoms with van der Waals surface area (Å²) in [6, 6.07) is 11.9. The summed E-state index contributed by atoms with van der Waals surface area (Å²) in [5, 5.41) is 9.16. The maximum Gasteiger partial charge on any atom is 0.252 e. The minimum absolute atomic E-state index is 0.0625. The number of anilines is 4. The van der Waals surface area contributed by atoms with Gasteiger partial charge in [-0.3, -0.25) is 4.79 Å². The second-order valence-corrected chi connectivity index (χ2v) is 9.24. The number of benzene rings is 2. The Kier molecular flexibility index (Phi) is 7.97. The van der Waals surface area contributed by atoms with Crippen molar-refractivity contribution >= 4 is 38.8 Å². The van der Waals surface area contributed by atoms with Gasteiger partial charge in [0, 0.05) is 49.3 Å². The number of hydrogen-bond donors (Lipinski definition) is 5. The maximum absolute atomic E-state index is 13.4. The number of sulfonamides is 1. The van der Waals surface area contributed by atoms with Crippen molar-refractivity contribution in [2.24, 2.45) is 5.73 Å².